The van der Waals surface area contributed by atoms with Crippen LogP contribution in [-0.2, 0) is 9.53 Å². The van der Waals surface area contributed by atoms with Crippen molar-refractivity contribution in [3.63, 3.8) is 0 Å². The number of carbonyl (C=O) groups excluding carboxylic acids is 1. The van der Waals surface area contributed by atoms with E-state index in [-0.39, 0.29) is 12.1 Å². The molecule has 0 fully saturated rings. The molecule has 0 aliphatic rings. The van der Waals surface area contributed by atoms with E-state index in [0.717, 1.165) is 24.6 Å². The van der Waals surface area contributed by atoms with Crippen LogP contribution in [0.15, 0.2) is 12.7 Å². The van der Waals surface area contributed by atoms with E-state index < -0.39 is 0 Å². The smallest absolute Gasteiger partial charge is 0.303 e. The fourth-order valence-corrected chi connectivity index (χ4v) is 1.27. The third-order valence-corrected chi connectivity index (χ3v) is 2.01. The molecule has 0 aliphatic heterocycles. The van der Waals surface area contributed by atoms with Gasteiger partial charge in [0.05, 0.1) is 0 Å². The molecule has 0 rings (SSSR count). The van der Waals surface area contributed by atoms with Crippen LogP contribution in [0.25, 0.3) is 0 Å². The highest BCUT2D eigenvalue weighted by Crippen LogP contribution is 2.07. The first kappa shape index (κ1) is 11.7. The van der Waals surface area contributed by atoms with E-state index in [1.807, 2.05) is 0 Å². The first-order valence-electron chi connectivity index (χ1n) is 4.06. The number of unbranched alkanes of at least 4 members (excludes halogenated alkanes) is 1. The normalized spacial score (nSPS) is 12.2. The second-order valence-electron chi connectivity index (χ2n) is 2.57. The zero-order valence-corrected chi connectivity index (χ0v) is 8.97. The molecule has 0 aliphatic carbocycles. The van der Waals surface area contributed by atoms with Gasteiger partial charge in [-0.15, -0.1) is 0 Å². The third kappa shape index (κ3) is 6.40. The van der Waals surface area contributed by atoms with Crippen LogP contribution in [0.3, 0.4) is 0 Å². The Balaban J connectivity index is 3.53. The van der Waals surface area contributed by atoms with Crippen molar-refractivity contribution in [2.45, 2.75) is 32.3 Å². The van der Waals surface area contributed by atoms with Gasteiger partial charge in [0.25, 0.3) is 0 Å². The van der Waals surface area contributed by atoms with E-state index in [9.17, 15) is 4.79 Å². The number of hydrogen-bond acceptors (Lipinski definition) is 2. The molecule has 0 heterocycles. The first-order chi connectivity index (χ1) is 5.70. The van der Waals surface area contributed by atoms with Crippen LogP contribution in [0.5, 0.6) is 0 Å². The molecule has 1 unspecified atom stereocenters. The summed E-state index contributed by atoms with van der Waals surface area (Å²) in [5, 5.41) is 0.997. The van der Waals surface area contributed by atoms with Gasteiger partial charge in [-0.25, -0.2) is 0 Å². The molecule has 0 bridgehead atoms. The molecule has 0 aromatic rings. The van der Waals surface area contributed by atoms with Crippen LogP contribution in [0.4, 0.5) is 0 Å². The number of esters is 1. The van der Waals surface area contributed by atoms with E-state index in [2.05, 4.69) is 22.5 Å². The summed E-state index contributed by atoms with van der Waals surface area (Å²) >= 11 is 3.34. The topological polar surface area (TPSA) is 26.3 Å². The van der Waals surface area contributed by atoms with Gasteiger partial charge < -0.3 is 4.74 Å². The Morgan fingerprint density at radius 3 is 2.75 bits per heavy atom. The summed E-state index contributed by atoms with van der Waals surface area (Å²) in [6.45, 7) is 5.02. The minimum atomic E-state index is -0.237. The minimum Gasteiger partial charge on any atom is -0.458 e. The summed E-state index contributed by atoms with van der Waals surface area (Å²) in [6, 6.07) is 0. The van der Waals surface area contributed by atoms with Crippen molar-refractivity contribution in [3.05, 3.63) is 12.7 Å². The Morgan fingerprint density at radius 1 is 1.67 bits per heavy atom. The molecule has 0 saturated carbocycles. The summed E-state index contributed by atoms with van der Waals surface area (Å²) in [7, 11) is 0. The summed E-state index contributed by atoms with van der Waals surface area (Å²) < 4.78 is 4.97. The van der Waals surface area contributed by atoms with Gasteiger partial charge in [0.1, 0.15) is 6.10 Å². The highest BCUT2D eigenvalue weighted by Gasteiger charge is 2.05. The SMILES string of the molecule is C=CC(CCCCBr)OC(C)=O. The van der Waals surface area contributed by atoms with Crippen molar-refractivity contribution < 1.29 is 9.53 Å². The highest BCUT2D eigenvalue weighted by molar-refractivity contribution is 9.09. The molecule has 0 N–H and O–H groups in total. The number of halogens is 1. The summed E-state index contributed by atoms with van der Waals surface area (Å²) in [5.74, 6) is -0.237. The summed E-state index contributed by atoms with van der Waals surface area (Å²) in [6.07, 6.45) is 4.59. The second kappa shape index (κ2) is 7.35. The van der Waals surface area contributed by atoms with Gasteiger partial charge in [-0.2, -0.15) is 0 Å². The molecular formula is C9H15BrO2. The maximum absolute atomic E-state index is 10.6. The molecule has 3 heteroatoms. The molecule has 0 radical (unpaired) electrons. The Morgan fingerprint density at radius 2 is 2.33 bits per heavy atom. The number of carbonyl (C=O) groups is 1. The maximum atomic E-state index is 10.6. The van der Waals surface area contributed by atoms with Gasteiger partial charge in [-0.3, -0.25) is 4.79 Å². The number of ether oxygens (including phenoxy) is 1. The van der Waals surface area contributed by atoms with E-state index in [0.29, 0.717) is 0 Å². The molecule has 70 valence electrons. The fraction of sp³-hybridized carbons (Fsp3) is 0.667. The number of rotatable bonds is 6. The van der Waals surface area contributed by atoms with Crippen LogP contribution in [0.1, 0.15) is 26.2 Å². The van der Waals surface area contributed by atoms with Crippen LogP contribution in [0.2, 0.25) is 0 Å². The molecule has 0 spiro atoms. The predicted molar refractivity (Wildman–Crippen MR) is 53.4 cm³/mol. The summed E-state index contributed by atoms with van der Waals surface area (Å²) in [5.41, 5.74) is 0. The molecule has 0 saturated heterocycles. The molecular weight excluding hydrogens is 220 g/mol. The van der Waals surface area contributed by atoms with Crippen LogP contribution in [-0.4, -0.2) is 17.4 Å². The van der Waals surface area contributed by atoms with Crippen LogP contribution in [0, 0.1) is 0 Å². The van der Waals surface area contributed by atoms with Gasteiger partial charge >= 0.3 is 5.97 Å². The lowest BCUT2D eigenvalue weighted by Crippen LogP contribution is -2.13. The average Bonchev–Trinajstić information content (AvgIpc) is 2.02. The molecule has 12 heavy (non-hydrogen) atoms. The van der Waals surface area contributed by atoms with Gasteiger partial charge in [0, 0.05) is 12.3 Å². The maximum Gasteiger partial charge on any atom is 0.303 e. The van der Waals surface area contributed by atoms with Crippen LogP contribution < -0.4 is 0 Å². The Labute approximate surface area is 82.1 Å². The molecule has 1 atom stereocenters. The van der Waals surface area contributed by atoms with Gasteiger partial charge in [0.2, 0.25) is 0 Å². The molecule has 0 aromatic heterocycles. The first-order valence-corrected chi connectivity index (χ1v) is 5.18. The second-order valence-corrected chi connectivity index (χ2v) is 3.36. The van der Waals surface area contributed by atoms with Gasteiger partial charge in [0.15, 0.2) is 0 Å². The van der Waals surface area contributed by atoms with E-state index >= 15 is 0 Å². The van der Waals surface area contributed by atoms with Crippen molar-refractivity contribution >= 4 is 21.9 Å². The molecule has 0 aromatic carbocycles. The zero-order chi connectivity index (χ0) is 9.40. The van der Waals surface area contributed by atoms with Gasteiger partial charge in [-0.1, -0.05) is 28.6 Å². The van der Waals surface area contributed by atoms with Gasteiger partial charge in [-0.05, 0) is 19.3 Å². The minimum absolute atomic E-state index is 0.110. The number of alkyl halides is 1. The largest absolute Gasteiger partial charge is 0.458 e. The predicted octanol–water partition coefficient (Wildman–Crippen LogP) is 2.67. The quantitative estimate of drug-likeness (QED) is 0.306. The Kier molecular flexibility index (Phi) is 7.16. The third-order valence-electron chi connectivity index (χ3n) is 1.45. The Hall–Kier alpha value is -0.310. The number of hydrogen-bond donors (Lipinski definition) is 0. The standard InChI is InChI=1S/C9H15BrO2/c1-3-9(12-8(2)11)6-4-5-7-10/h3,9H,1,4-7H2,2H3. The van der Waals surface area contributed by atoms with E-state index in [1.54, 1.807) is 6.08 Å². The van der Waals surface area contributed by atoms with Crippen molar-refractivity contribution in [3.8, 4) is 0 Å². The Bertz CT molecular complexity index is 145. The van der Waals surface area contributed by atoms with E-state index in [4.69, 9.17) is 4.74 Å². The monoisotopic (exact) mass is 234 g/mol. The fourth-order valence-electron chi connectivity index (χ4n) is 0.878. The van der Waals surface area contributed by atoms with Crippen molar-refractivity contribution in [2.24, 2.45) is 0 Å². The highest BCUT2D eigenvalue weighted by atomic mass is 79.9. The lowest BCUT2D eigenvalue weighted by molar-refractivity contribution is -0.144. The van der Waals surface area contributed by atoms with Crippen molar-refractivity contribution in [2.75, 3.05) is 5.33 Å². The van der Waals surface area contributed by atoms with Crippen molar-refractivity contribution in [1.82, 2.24) is 0 Å². The lowest BCUT2D eigenvalue weighted by Gasteiger charge is -2.11. The lowest BCUT2D eigenvalue weighted by atomic mass is 10.1. The molecule has 2 nitrogen and oxygen atoms in total. The van der Waals surface area contributed by atoms with E-state index in [1.165, 1.54) is 6.92 Å². The van der Waals surface area contributed by atoms with Crippen LogP contribution >= 0.6 is 15.9 Å². The van der Waals surface area contributed by atoms with Crippen molar-refractivity contribution in [1.29, 1.82) is 0 Å². The zero-order valence-electron chi connectivity index (χ0n) is 7.38. The average molecular weight is 235 g/mol. The molecule has 0 amide bonds. The summed E-state index contributed by atoms with van der Waals surface area (Å²) in [4.78, 5) is 10.6.